The number of nitrogens with zero attached hydrogens (tertiary/aromatic N) is 2. The van der Waals surface area contributed by atoms with Crippen molar-refractivity contribution in [2.75, 3.05) is 49.5 Å². The molecule has 186 valence electrons. The van der Waals surface area contributed by atoms with Gasteiger partial charge >= 0.3 is 6.18 Å². The number of carbonyl (C=O) groups is 1. The molecule has 0 spiro atoms. The summed E-state index contributed by atoms with van der Waals surface area (Å²) in [7, 11) is -4.43. The van der Waals surface area contributed by atoms with Crippen LogP contribution < -0.4 is 14.9 Å². The lowest BCUT2D eigenvalue weighted by Gasteiger charge is -2.35. The van der Waals surface area contributed by atoms with Crippen molar-refractivity contribution in [2.45, 2.75) is 31.3 Å². The third kappa shape index (κ3) is 6.49. The zero-order valence-corrected chi connectivity index (χ0v) is 20.0. The van der Waals surface area contributed by atoms with Crippen molar-refractivity contribution in [2.24, 2.45) is 0 Å². The number of amides is 1. The van der Waals surface area contributed by atoms with Crippen LogP contribution in [0.2, 0.25) is 0 Å². The van der Waals surface area contributed by atoms with Gasteiger partial charge in [-0.1, -0.05) is 19.1 Å². The molecule has 2 aromatic rings. The van der Waals surface area contributed by atoms with Crippen molar-refractivity contribution in [1.82, 2.24) is 9.62 Å². The van der Waals surface area contributed by atoms with Gasteiger partial charge in [-0.05, 0) is 49.4 Å². The number of anilines is 2. The zero-order chi connectivity index (χ0) is 24.9. The Morgan fingerprint density at radius 1 is 1.06 bits per heavy atom. The van der Waals surface area contributed by atoms with E-state index in [4.69, 9.17) is 0 Å². The van der Waals surface area contributed by atoms with Gasteiger partial charge in [0.05, 0.1) is 10.5 Å². The summed E-state index contributed by atoms with van der Waals surface area (Å²) in [5.74, 6) is -0.445. The quantitative estimate of drug-likeness (QED) is 0.583. The molecule has 11 heteroatoms. The van der Waals surface area contributed by atoms with E-state index in [1.54, 1.807) is 6.07 Å². The zero-order valence-electron chi connectivity index (χ0n) is 19.2. The number of likely N-dealkylation sites (N-methyl/N-ethyl adjacent to an activating group) is 1. The van der Waals surface area contributed by atoms with Gasteiger partial charge in [-0.2, -0.15) is 13.2 Å². The number of halogens is 3. The van der Waals surface area contributed by atoms with Crippen LogP contribution in [-0.2, 0) is 21.0 Å². The average molecular weight is 499 g/mol. The average Bonchev–Trinajstić information content (AvgIpc) is 2.80. The maximum absolute atomic E-state index is 13.1. The van der Waals surface area contributed by atoms with Crippen LogP contribution in [0.1, 0.15) is 24.5 Å². The van der Waals surface area contributed by atoms with Crippen molar-refractivity contribution in [3.63, 3.8) is 0 Å². The lowest BCUT2D eigenvalue weighted by molar-refractivity contribution is -0.139. The third-order valence-electron chi connectivity index (χ3n) is 5.79. The van der Waals surface area contributed by atoms with Crippen molar-refractivity contribution >= 4 is 27.3 Å². The maximum Gasteiger partial charge on any atom is 0.417 e. The fourth-order valence-electron chi connectivity index (χ4n) is 3.83. The number of hydrogen-bond acceptors (Lipinski definition) is 5. The second-order valence-electron chi connectivity index (χ2n) is 8.11. The van der Waals surface area contributed by atoms with Crippen LogP contribution in [0.3, 0.4) is 0 Å². The van der Waals surface area contributed by atoms with Crippen molar-refractivity contribution in [3.8, 4) is 0 Å². The molecule has 0 radical (unpaired) electrons. The van der Waals surface area contributed by atoms with E-state index in [1.807, 2.05) is 19.1 Å². The van der Waals surface area contributed by atoms with Crippen LogP contribution in [-0.4, -0.2) is 58.5 Å². The Kier molecular flexibility index (Phi) is 8.21. The number of sulfonamides is 1. The van der Waals surface area contributed by atoms with Gasteiger partial charge in [0.2, 0.25) is 15.9 Å². The number of rotatable bonds is 8. The summed E-state index contributed by atoms with van der Waals surface area (Å²) in [5, 5.41) is 2.74. The molecule has 1 fully saturated rings. The number of carbonyl (C=O) groups excluding carboxylic acids is 1. The SMILES string of the molecule is CCN1CCN(c2ccc(NC(=O)CCNS(=O)(=O)c3ccccc3C(F)(F)F)c(C)c2)CC1. The summed E-state index contributed by atoms with van der Waals surface area (Å²) in [5.41, 5.74) is 1.29. The van der Waals surface area contributed by atoms with Gasteiger partial charge in [0.1, 0.15) is 0 Å². The Hall–Kier alpha value is -2.63. The third-order valence-corrected chi connectivity index (χ3v) is 7.31. The Balaban J connectivity index is 1.56. The van der Waals surface area contributed by atoms with E-state index in [9.17, 15) is 26.4 Å². The van der Waals surface area contributed by atoms with Crippen molar-refractivity contribution in [3.05, 3.63) is 53.6 Å². The van der Waals surface area contributed by atoms with Crippen LogP contribution in [0.15, 0.2) is 47.4 Å². The molecule has 1 aliphatic rings. The van der Waals surface area contributed by atoms with Gasteiger partial charge in [0.15, 0.2) is 0 Å². The normalized spacial score (nSPS) is 15.4. The second-order valence-corrected chi connectivity index (χ2v) is 9.85. The molecule has 0 atom stereocenters. The Morgan fingerprint density at radius 2 is 1.74 bits per heavy atom. The van der Waals surface area contributed by atoms with E-state index < -0.39 is 32.6 Å². The molecule has 0 bridgehead atoms. The minimum absolute atomic E-state index is 0.229. The topological polar surface area (TPSA) is 81.8 Å². The lowest BCUT2D eigenvalue weighted by atomic mass is 10.1. The van der Waals surface area contributed by atoms with E-state index >= 15 is 0 Å². The highest BCUT2D eigenvalue weighted by molar-refractivity contribution is 7.89. The summed E-state index contributed by atoms with van der Waals surface area (Å²) < 4.78 is 66.2. The molecule has 2 aromatic carbocycles. The van der Waals surface area contributed by atoms with Crippen LogP contribution >= 0.6 is 0 Å². The number of hydrogen-bond donors (Lipinski definition) is 2. The van der Waals surface area contributed by atoms with Gasteiger partial charge in [-0.25, -0.2) is 13.1 Å². The van der Waals surface area contributed by atoms with Gasteiger partial charge < -0.3 is 15.1 Å². The minimum atomic E-state index is -4.81. The number of alkyl halides is 3. The Labute approximate surface area is 198 Å². The largest absolute Gasteiger partial charge is 0.417 e. The minimum Gasteiger partial charge on any atom is -0.369 e. The van der Waals surface area contributed by atoms with Crippen LogP contribution in [0.5, 0.6) is 0 Å². The number of benzene rings is 2. The van der Waals surface area contributed by atoms with E-state index in [2.05, 4.69) is 26.8 Å². The fourth-order valence-corrected chi connectivity index (χ4v) is 5.09. The summed E-state index contributed by atoms with van der Waals surface area (Å²) >= 11 is 0. The predicted molar refractivity (Wildman–Crippen MR) is 125 cm³/mol. The molecule has 7 nitrogen and oxygen atoms in total. The van der Waals surface area contributed by atoms with Crippen molar-refractivity contribution < 1.29 is 26.4 Å². The molecule has 0 unspecified atom stereocenters. The smallest absolute Gasteiger partial charge is 0.369 e. The Bertz CT molecular complexity index is 1110. The highest BCUT2D eigenvalue weighted by Gasteiger charge is 2.36. The Morgan fingerprint density at radius 3 is 2.35 bits per heavy atom. The first-order valence-electron chi connectivity index (χ1n) is 11.0. The first-order valence-corrected chi connectivity index (χ1v) is 12.5. The summed E-state index contributed by atoms with van der Waals surface area (Å²) in [6.07, 6.45) is -5.04. The molecule has 1 saturated heterocycles. The van der Waals surface area contributed by atoms with Gasteiger partial charge in [-0.3, -0.25) is 4.79 Å². The molecule has 0 aliphatic carbocycles. The molecule has 2 N–H and O–H groups in total. The first-order chi connectivity index (χ1) is 16.0. The van der Waals surface area contributed by atoms with Gasteiger partial charge in [0.25, 0.3) is 0 Å². The molecule has 1 heterocycles. The second kappa shape index (κ2) is 10.7. The lowest BCUT2D eigenvalue weighted by Crippen LogP contribution is -2.46. The van der Waals surface area contributed by atoms with E-state index in [-0.39, 0.29) is 13.0 Å². The summed E-state index contributed by atoms with van der Waals surface area (Å²) in [4.78, 5) is 16.1. The number of piperazine rings is 1. The molecular formula is C23H29F3N4O3S. The maximum atomic E-state index is 13.1. The molecule has 3 rings (SSSR count). The van der Waals surface area contributed by atoms with Gasteiger partial charge in [0, 0.05) is 50.5 Å². The summed E-state index contributed by atoms with van der Waals surface area (Å²) in [6, 6.07) is 9.66. The summed E-state index contributed by atoms with van der Waals surface area (Å²) in [6.45, 7) is 8.56. The molecular weight excluding hydrogens is 469 g/mol. The molecule has 0 aromatic heterocycles. The van der Waals surface area contributed by atoms with Crippen molar-refractivity contribution in [1.29, 1.82) is 0 Å². The molecule has 34 heavy (non-hydrogen) atoms. The number of nitrogens with one attached hydrogen (secondary N) is 2. The number of aryl methyl sites for hydroxylation is 1. The molecule has 1 aliphatic heterocycles. The monoisotopic (exact) mass is 498 g/mol. The van der Waals surface area contributed by atoms with Crippen LogP contribution in [0, 0.1) is 6.92 Å². The van der Waals surface area contributed by atoms with E-state index in [0.717, 1.165) is 56.1 Å². The first kappa shape index (κ1) is 26.0. The van der Waals surface area contributed by atoms with E-state index in [1.165, 1.54) is 6.07 Å². The molecule has 0 saturated carbocycles. The predicted octanol–water partition coefficient (Wildman–Crippen LogP) is 3.46. The van der Waals surface area contributed by atoms with E-state index in [0.29, 0.717) is 11.8 Å². The standard InChI is InChI=1S/C23H29F3N4O3S/c1-3-29-12-14-30(15-13-29)18-8-9-20(17(2)16-18)28-22(31)10-11-27-34(32,33)21-7-5-4-6-19(21)23(24,25)26/h4-9,16,27H,3,10-15H2,1-2H3,(H,28,31). The van der Waals surface area contributed by atoms with Crippen LogP contribution in [0.25, 0.3) is 0 Å². The highest BCUT2D eigenvalue weighted by atomic mass is 32.2. The molecule has 1 amide bonds. The van der Waals surface area contributed by atoms with Gasteiger partial charge in [-0.15, -0.1) is 0 Å². The highest BCUT2D eigenvalue weighted by Crippen LogP contribution is 2.33. The van der Waals surface area contributed by atoms with Crippen LogP contribution in [0.4, 0.5) is 24.5 Å². The fraction of sp³-hybridized carbons (Fsp3) is 0.435.